The van der Waals surface area contributed by atoms with Crippen LogP contribution in [-0.2, 0) is 0 Å². The maximum absolute atomic E-state index is 12.9. The molecule has 2 amide bonds. The molecule has 0 radical (unpaired) electrons. The van der Waals surface area contributed by atoms with Gasteiger partial charge in [0.05, 0.1) is 0 Å². The topological polar surface area (TPSA) is 65.8 Å². The van der Waals surface area contributed by atoms with Crippen molar-refractivity contribution in [3.8, 4) is 0 Å². The molecule has 2 heterocycles. The van der Waals surface area contributed by atoms with Gasteiger partial charge in [0.1, 0.15) is 5.58 Å². The van der Waals surface area contributed by atoms with Crippen molar-refractivity contribution in [3.63, 3.8) is 0 Å². The monoisotopic (exact) mass is 475 g/mol. The highest BCUT2D eigenvalue weighted by molar-refractivity contribution is 6.06. The summed E-state index contributed by atoms with van der Waals surface area (Å²) in [5.41, 5.74) is 3.17. The van der Waals surface area contributed by atoms with Crippen molar-refractivity contribution in [2.75, 3.05) is 36.4 Å². The average molecular weight is 476 g/mol. The van der Waals surface area contributed by atoms with Crippen LogP contribution in [0.15, 0.2) is 101 Å². The van der Waals surface area contributed by atoms with Crippen molar-refractivity contribution in [2.45, 2.75) is 0 Å². The molecule has 5 aromatic rings. The number of nitrogens with zero attached hydrogens (tertiary/aromatic N) is 2. The molecule has 0 unspecified atom stereocenters. The van der Waals surface area contributed by atoms with Crippen LogP contribution in [0.4, 0.5) is 11.4 Å². The summed E-state index contributed by atoms with van der Waals surface area (Å²) >= 11 is 0. The largest absolute Gasteiger partial charge is 0.451 e. The number of hydrogen-bond donors (Lipinski definition) is 1. The number of anilines is 2. The fourth-order valence-electron chi connectivity index (χ4n) is 4.70. The third kappa shape index (κ3) is 4.29. The van der Waals surface area contributed by atoms with Crippen LogP contribution in [0.2, 0.25) is 0 Å². The summed E-state index contributed by atoms with van der Waals surface area (Å²) in [6, 6.07) is 31.0. The molecule has 0 aliphatic carbocycles. The van der Waals surface area contributed by atoms with E-state index in [0.717, 1.165) is 46.2 Å². The molecule has 0 spiro atoms. The number of para-hydroxylation sites is 1. The van der Waals surface area contributed by atoms with Gasteiger partial charge in [-0.1, -0.05) is 48.5 Å². The minimum absolute atomic E-state index is 0.0717. The Hall–Kier alpha value is -4.58. The van der Waals surface area contributed by atoms with Gasteiger partial charge in [-0.05, 0) is 59.3 Å². The van der Waals surface area contributed by atoms with Crippen LogP contribution in [0, 0.1) is 0 Å². The zero-order valence-electron chi connectivity index (χ0n) is 19.7. The van der Waals surface area contributed by atoms with Crippen LogP contribution in [0.25, 0.3) is 21.7 Å². The first-order chi connectivity index (χ1) is 17.6. The molecule has 0 bridgehead atoms. The lowest BCUT2D eigenvalue weighted by molar-refractivity contribution is 0.0717. The van der Waals surface area contributed by atoms with Crippen molar-refractivity contribution in [1.29, 1.82) is 0 Å². The molecule has 0 atom stereocenters. The number of benzene rings is 4. The fourth-order valence-corrected chi connectivity index (χ4v) is 4.70. The van der Waals surface area contributed by atoms with E-state index in [1.165, 1.54) is 0 Å². The average Bonchev–Trinajstić information content (AvgIpc) is 3.37. The van der Waals surface area contributed by atoms with Crippen LogP contribution in [0.1, 0.15) is 20.9 Å². The molecule has 1 aliphatic rings. The molecule has 36 heavy (non-hydrogen) atoms. The van der Waals surface area contributed by atoms with Gasteiger partial charge in [-0.3, -0.25) is 9.59 Å². The van der Waals surface area contributed by atoms with Gasteiger partial charge in [-0.25, -0.2) is 0 Å². The smallest absolute Gasteiger partial charge is 0.289 e. The standard InChI is InChI=1S/C30H25N3O3/c34-29(24-10-9-21-5-1-2-6-22(21)19-24)31-25-11-13-26(14-12-25)32-15-17-33(18-16-32)30(35)28-20-23-7-3-4-8-27(23)36-28/h1-14,19-20H,15-18H2,(H,31,34). The van der Waals surface area contributed by atoms with Gasteiger partial charge in [0.2, 0.25) is 0 Å². The number of nitrogens with one attached hydrogen (secondary N) is 1. The van der Waals surface area contributed by atoms with Crippen molar-refractivity contribution in [2.24, 2.45) is 0 Å². The van der Waals surface area contributed by atoms with E-state index in [9.17, 15) is 9.59 Å². The summed E-state index contributed by atoms with van der Waals surface area (Å²) in [6.45, 7) is 2.70. The van der Waals surface area contributed by atoms with Gasteiger partial charge in [0, 0.05) is 48.5 Å². The molecule has 6 rings (SSSR count). The van der Waals surface area contributed by atoms with Gasteiger partial charge >= 0.3 is 0 Å². The number of hydrogen-bond acceptors (Lipinski definition) is 4. The van der Waals surface area contributed by atoms with Gasteiger partial charge < -0.3 is 19.5 Å². The Labute approximate surface area is 208 Å². The quantitative estimate of drug-likeness (QED) is 0.357. The van der Waals surface area contributed by atoms with E-state index in [1.54, 1.807) is 0 Å². The summed E-state index contributed by atoms with van der Waals surface area (Å²) in [7, 11) is 0. The predicted octanol–water partition coefficient (Wildman–Crippen LogP) is 5.80. The van der Waals surface area contributed by atoms with E-state index < -0.39 is 0 Å². The molecule has 1 aliphatic heterocycles. The SMILES string of the molecule is O=C(Nc1ccc(N2CCN(C(=O)c3cc4ccccc4o3)CC2)cc1)c1ccc2ccccc2c1. The van der Waals surface area contributed by atoms with E-state index >= 15 is 0 Å². The lowest BCUT2D eigenvalue weighted by Crippen LogP contribution is -2.48. The van der Waals surface area contributed by atoms with Crippen molar-refractivity contribution in [1.82, 2.24) is 4.90 Å². The van der Waals surface area contributed by atoms with E-state index in [2.05, 4.69) is 10.2 Å². The summed E-state index contributed by atoms with van der Waals surface area (Å²) in [4.78, 5) is 29.8. The maximum Gasteiger partial charge on any atom is 0.289 e. The van der Waals surface area contributed by atoms with Crippen LogP contribution in [0.3, 0.4) is 0 Å². The minimum atomic E-state index is -0.133. The number of piperazine rings is 1. The number of fused-ring (bicyclic) bond motifs is 2. The Morgan fingerprint density at radius 2 is 1.39 bits per heavy atom. The highest BCUT2D eigenvalue weighted by Crippen LogP contribution is 2.23. The maximum atomic E-state index is 12.9. The summed E-state index contributed by atoms with van der Waals surface area (Å²) in [6.07, 6.45) is 0. The zero-order valence-corrected chi connectivity index (χ0v) is 19.7. The van der Waals surface area contributed by atoms with Gasteiger partial charge in [-0.15, -0.1) is 0 Å². The van der Waals surface area contributed by atoms with Gasteiger partial charge in [0.25, 0.3) is 11.8 Å². The van der Waals surface area contributed by atoms with E-state index in [1.807, 2.05) is 102 Å². The van der Waals surface area contributed by atoms with Gasteiger partial charge in [-0.2, -0.15) is 0 Å². The van der Waals surface area contributed by atoms with E-state index in [0.29, 0.717) is 24.4 Å². The molecule has 6 heteroatoms. The first kappa shape index (κ1) is 21.9. The number of amides is 2. The summed E-state index contributed by atoms with van der Waals surface area (Å²) in [5, 5.41) is 6.07. The first-order valence-electron chi connectivity index (χ1n) is 12.1. The molecular formula is C30H25N3O3. The lowest BCUT2D eigenvalue weighted by Gasteiger charge is -2.35. The van der Waals surface area contributed by atoms with Crippen LogP contribution in [0.5, 0.6) is 0 Å². The normalized spacial score (nSPS) is 13.8. The molecule has 4 aromatic carbocycles. The van der Waals surface area contributed by atoms with Crippen LogP contribution < -0.4 is 10.2 Å². The Balaban J connectivity index is 1.07. The van der Waals surface area contributed by atoms with Crippen LogP contribution in [-0.4, -0.2) is 42.9 Å². The molecule has 1 saturated heterocycles. The molecule has 1 N–H and O–H groups in total. The zero-order chi connectivity index (χ0) is 24.5. The summed E-state index contributed by atoms with van der Waals surface area (Å²) in [5.74, 6) is 0.181. The Kier molecular flexibility index (Phi) is 5.62. The fraction of sp³-hybridized carbons (Fsp3) is 0.133. The lowest BCUT2D eigenvalue weighted by atomic mass is 10.1. The third-order valence-electron chi connectivity index (χ3n) is 6.71. The highest BCUT2D eigenvalue weighted by Gasteiger charge is 2.24. The van der Waals surface area contributed by atoms with Crippen molar-refractivity contribution >= 4 is 44.9 Å². The molecule has 0 saturated carbocycles. The Morgan fingerprint density at radius 1 is 0.694 bits per heavy atom. The molecule has 178 valence electrons. The first-order valence-corrected chi connectivity index (χ1v) is 12.1. The summed E-state index contributed by atoms with van der Waals surface area (Å²) < 4.78 is 5.75. The second-order valence-electron chi connectivity index (χ2n) is 8.99. The highest BCUT2D eigenvalue weighted by atomic mass is 16.3. The van der Waals surface area contributed by atoms with Gasteiger partial charge in [0.15, 0.2) is 5.76 Å². The third-order valence-corrected chi connectivity index (χ3v) is 6.71. The second-order valence-corrected chi connectivity index (χ2v) is 8.99. The predicted molar refractivity (Wildman–Crippen MR) is 143 cm³/mol. The van der Waals surface area contributed by atoms with E-state index in [-0.39, 0.29) is 11.8 Å². The number of rotatable bonds is 4. The number of furan rings is 1. The molecule has 1 fully saturated rings. The Bertz CT molecular complexity index is 1530. The van der Waals surface area contributed by atoms with Crippen LogP contribution >= 0.6 is 0 Å². The minimum Gasteiger partial charge on any atom is -0.451 e. The Morgan fingerprint density at radius 3 is 2.14 bits per heavy atom. The second kappa shape index (κ2) is 9.23. The number of carbonyl (C=O) groups is 2. The van der Waals surface area contributed by atoms with E-state index in [4.69, 9.17) is 4.42 Å². The molecular weight excluding hydrogens is 450 g/mol. The molecule has 6 nitrogen and oxygen atoms in total. The molecule has 1 aromatic heterocycles. The van der Waals surface area contributed by atoms with Crippen molar-refractivity contribution < 1.29 is 14.0 Å². The number of carbonyl (C=O) groups excluding carboxylic acids is 2. The van der Waals surface area contributed by atoms with Crippen molar-refractivity contribution in [3.05, 3.63) is 108 Å².